The van der Waals surface area contributed by atoms with Gasteiger partial charge in [0.25, 0.3) is 0 Å². The summed E-state index contributed by atoms with van der Waals surface area (Å²) in [6.07, 6.45) is 6.54. The standard InChI is InChI=1S/C22H23FN4O/c1-26-11-19(21(25-26)14-5-7-16(23)8-6-14)17-9-10-24-20-13-27(12-18(17)20)22(28-2)15-3-4-15/h5-11,15,22H,3-4,12-13H2,1-2H3. The van der Waals surface area contributed by atoms with Crippen molar-refractivity contribution in [3.05, 3.63) is 59.8 Å². The van der Waals surface area contributed by atoms with Gasteiger partial charge >= 0.3 is 0 Å². The predicted octanol–water partition coefficient (Wildman–Crippen LogP) is 3.99. The molecule has 1 atom stereocenters. The molecule has 6 heteroatoms. The highest BCUT2D eigenvalue weighted by atomic mass is 19.1. The molecule has 5 nitrogen and oxygen atoms in total. The van der Waals surface area contributed by atoms with Crippen LogP contribution in [0.2, 0.25) is 0 Å². The second-order valence-electron chi connectivity index (χ2n) is 7.72. The minimum absolute atomic E-state index is 0.160. The summed E-state index contributed by atoms with van der Waals surface area (Å²) in [6, 6.07) is 8.58. The van der Waals surface area contributed by atoms with Gasteiger partial charge in [0.1, 0.15) is 17.7 Å². The SMILES string of the molecule is COC(C1CC1)N1Cc2nccc(-c3cn(C)nc3-c3ccc(F)cc3)c2C1. The topological polar surface area (TPSA) is 43.2 Å². The van der Waals surface area contributed by atoms with Crippen molar-refractivity contribution in [2.75, 3.05) is 7.11 Å². The van der Waals surface area contributed by atoms with Crippen LogP contribution in [0.1, 0.15) is 24.1 Å². The third-order valence-corrected chi connectivity index (χ3v) is 5.72. The molecule has 1 aliphatic carbocycles. The van der Waals surface area contributed by atoms with Gasteiger partial charge in [0.05, 0.1) is 5.69 Å². The fourth-order valence-electron chi connectivity index (χ4n) is 4.26. The molecule has 2 aromatic heterocycles. The van der Waals surface area contributed by atoms with Crippen LogP contribution in [0.5, 0.6) is 0 Å². The number of fused-ring (bicyclic) bond motifs is 1. The maximum Gasteiger partial charge on any atom is 0.123 e. The number of methoxy groups -OCH3 is 1. The van der Waals surface area contributed by atoms with Gasteiger partial charge in [-0.2, -0.15) is 5.10 Å². The Morgan fingerprint density at radius 1 is 1.11 bits per heavy atom. The number of pyridine rings is 1. The number of benzene rings is 1. The maximum atomic E-state index is 13.4. The van der Waals surface area contributed by atoms with E-state index in [-0.39, 0.29) is 12.0 Å². The summed E-state index contributed by atoms with van der Waals surface area (Å²) < 4.78 is 21.0. The molecular formula is C22H23FN4O. The van der Waals surface area contributed by atoms with Gasteiger partial charge in [-0.1, -0.05) is 0 Å². The van der Waals surface area contributed by atoms with Crippen molar-refractivity contribution in [3.8, 4) is 22.4 Å². The Balaban J connectivity index is 1.55. The largest absolute Gasteiger partial charge is 0.366 e. The Hall–Kier alpha value is -2.57. The summed E-state index contributed by atoms with van der Waals surface area (Å²) in [5.41, 5.74) is 6.31. The van der Waals surface area contributed by atoms with Crippen LogP contribution in [0.15, 0.2) is 42.7 Å². The van der Waals surface area contributed by atoms with E-state index < -0.39 is 0 Å². The molecule has 3 aromatic rings. The highest BCUT2D eigenvalue weighted by Gasteiger charge is 2.38. The summed E-state index contributed by atoms with van der Waals surface area (Å²) in [4.78, 5) is 7.02. The molecule has 144 valence electrons. The van der Waals surface area contributed by atoms with E-state index in [1.54, 1.807) is 19.2 Å². The van der Waals surface area contributed by atoms with E-state index in [0.717, 1.165) is 41.2 Å². The molecule has 28 heavy (non-hydrogen) atoms. The zero-order chi connectivity index (χ0) is 19.3. The average molecular weight is 378 g/mol. The lowest BCUT2D eigenvalue weighted by Crippen LogP contribution is -2.34. The molecule has 5 rings (SSSR count). The van der Waals surface area contributed by atoms with E-state index in [1.807, 2.05) is 24.1 Å². The molecule has 0 spiro atoms. The minimum atomic E-state index is -0.243. The molecule has 0 saturated heterocycles. The first-order chi connectivity index (χ1) is 13.6. The first kappa shape index (κ1) is 17.5. The Morgan fingerprint density at radius 2 is 1.89 bits per heavy atom. The highest BCUT2D eigenvalue weighted by molar-refractivity contribution is 5.82. The number of halogens is 1. The van der Waals surface area contributed by atoms with Gasteiger partial charge in [0, 0.05) is 50.8 Å². The van der Waals surface area contributed by atoms with Crippen molar-refractivity contribution < 1.29 is 9.13 Å². The van der Waals surface area contributed by atoms with E-state index in [1.165, 1.54) is 30.5 Å². The molecule has 0 bridgehead atoms. The van der Waals surface area contributed by atoms with Crippen LogP contribution in [0.4, 0.5) is 4.39 Å². The van der Waals surface area contributed by atoms with Crippen molar-refractivity contribution in [1.29, 1.82) is 0 Å². The first-order valence-corrected chi connectivity index (χ1v) is 9.67. The Morgan fingerprint density at radius 3 is 2.61 bits per heavy atom. The van der Waals surface area contributed by atoms with E-state index in [9.17, 15) is 4.39 Å². The van der Waals surface area contributed by atoms with Gasteiger partial charge in [-0.25, -0.2) is 4.39 Å². The summed E-state index contributed by atoms with van der Waals surface area (Å²) in [5.74, 6) is 0.392. The lowest BCUT2D eigenvalue weighted by molar-refractivity contribution is -0.0507. The van der Waals surface area contributed by atoms with E-state index in [2.05, 4.69) is 21.0 Å². The maximum absolute atomic E-state index is 13.4. The van der Waals surface area contributed by atoms with Gasteiger partial charge in [-0.05, 0) is 60.2 Å². The van der Waals surface area contributed by atoms with E-state index in [4.69, 9.17) is 4.74 Å². The molecule has 1 unspecified atom stereocenters. The lowest BCUT2D eigenvalue weighted by Gasteiger charge is -2.25. The number of hydrogen-bond donors (Lipinski definition) is 0. The smallest absolute Gasteiger partial charge is 0.123 e. The van der Waals surface area contributed by atoms with Gasteiger partial charge in [0.15, 0.2) is 0 Å². The summed E-state index contributed by atoms with van der Waals surface area (Å²) in [7, 11) is 3.71. The lowest BCUT2D eigenvalue weighted by atomic mass is 9.98. The number of ether oxygens (including phenoxy) is 1. The molecule has 0 radical (unpaired) electrons. The first-order valence-electron chi connectivity index (χ1n) is 9.67. The predicted molar refractivity (Wildman–Crippen MR) is 105 cm³/mol. The normalized spacial score (nSPS) is 17.7. The molecule has 0 amide bonds. The quantitative estimate of drug-likeness (QED) is 0.673. The molecule has 1 saturated carbocycles. The molecule has 1 aromatic carbocycles. The second kappa shape index (κ2) is 6.79. The Kier molecular flexibility index (Phi) is 4.25. The van der Waals surface area contributed by atoms with Crippen molar-refractivity contribution in [1.82, 2.24) is 19.7 Å². The van der Waals surface area contributed by atoms with Crippen LogP contribution in [0, 0.1) is 11.7 Å². The molecule has 1 aliphatic heterocycles. The number of nitrogens with zero attached hydrogens (tertiary/aromatic N) is 4. The van der Waals surface area contributed by atoms with Crippen molar-refractivity contribution in [3.63, 3.8) is 0 Å². The molecular weight excluding hydrogens is 355 g/mol. The van der Waals surface area contributed by atoms with E-state index in [0.29, 0.717) is 5.92 Å². The highest BCUT2D eigenvalue weighted by Crippen LogP contribution is 2.41. The molecule has 0 N–H and O–H groups in total. The fraction of sp³-hybridized carbons (Fsp3) is 0.364. The van der Waals surface area contributed by atoms with E-state index >= 15 is 0 Å². The van der Waals surface area contributed by atoms with Crippen molar-refractivity contribution in [2.45, 2.75) is 32.2 Å². The van der Waals surface area contributed by atoms with Crippen LogP contribution < -0.4 is 0 Å². The Bertz CT molecular complexity index is 1010. The van der Waals surface area contributed by atoms with Gasteiger partial charge < -0.3 is 4.74 Å². The van der Waals surface area contributed by atoms with Crippen molar-refractivity contribution >= 4 is 0 Å². The monoisotopic (exact) mass is 378 g/mol. The van der Waals surface area contributed by atoms with Crippen LogP contribution in [0.25, 0.3) is 22.4 Å². The number of rotatable bonds is 5. The fourth-order valence-corrected chi connectivity index (χ4v) is 4.26. The summed E-state index contributed by atoms with van der Waals surface area (Å²) in [5, 5.41) is 4.66. The van der Waals surface area contributed by atoms with Gasteiger partial charge in [-0.15, -0.1) is 0 Å². The third kappa shape index (κ3) is 3.02. The number of aromatic nitrogens is 3. The van der Waals surface area contributed by atoms with Gasteiger partial charge in [-0.3, -0.25) is 14.6 Å². The van der Waals surface area contributed by atoms with Gasteiger partial charge in [0.2, 0.25) is 0 Å². The van der Waals surface area contributed by atoms with Crippen LogP contribution in [0.3, 0.4) is 0 Å². The van der Waals surface area contributed by atoms with Crippen molar-refractivity contribution in [2.24, 2.45) is 13.0 Å². The molecule has 1 fully saturated rings. The number of aryl methyl sites for hydroxylation is 1. The molecule has 3 heterocycles. The summed E-state index contributed by atoms with van der Waals surface area (Å²) in [6.45, 7) is 1.63. The second-order valence-corrected chi connectivity index (χ2v) is 7.72. The summed E-state index contributed by atoms with van der Waals surface area (Å²) >= 11 is 0. The average Bonchev–Trinajstić information content (AvgIpc) is 3.30. The minimum Gasteiger partial charge on any atom is -0.366 e. The zero-order valence-electron chi connectivity index (χ0n) is 16.1. The van der Waals surface area contributed by atoms with Crippen LogP contribution >= 0.6 is 0 Å². The Labute approximate surface area is 163 Å². The molecule has 2 aliphatic rings. The van der Waals surface area contributed by atoms with Crippen LogP contribution in [-0.4, -0.2) is 33.0 Å². The number of hydrogen-bond acceptors (Lipinski definition) is 4. The third-order valence-electron chi connectivity index (χ3n) is 5.72. The zero-order valence-corrected chi connectivity index (χ0v) is 16.1. The van der Waals surface area contributed by atoms with Crippen LogP contribution in [-0.2, 0) is 24.9 Å².